The van der Waals surface area contributed by atoms with Crippen LogP contribution in [0.1, 0.15) is 33.4 Å². The van der Waals surface area contributed by atoms with Crippen LogP contribution in [0.2, 0.25) is 0 Å². The van der Waals surface area contributed by atoms with Gasteiger partial charge in [0.15, 0.2) is 0 Å². The van der Waals surface area contributed by atoms with Crippen molar-refractivity contribution >= 4 is 89.8 Å². The molecule has 358 valence electrons. The average molecular weight is 969 g/mol. The zero-order valence-corrected chi connectivity index (χ0v) is 43.8. The van der Waals surface area contributed by atoms with Gasteiger partial charge in [0, 0.05) is 44.0 Å². The van der Waals surface area contributed by atoms with Crippen molar-refractivity contribution in [1.82, 2.24) is 9.13 Å². The van der Waals surface area contributed by atoms with Crippen molar-refractivity contribution in [1.29, 1.82) is 0 Å². The summed E-state index contributed by atoms with van der Waals surface area (Å²) in [6.45, 7) is 13.8. The van der Waals surface area contributed by atoms with E-state index >= 15 is 0 Å². The minimum atomic E-state index is -0.0507. The summed E-state index contributed by atoms with van der Waals surface area (Å²) in [7, 11) is 0. The van der Waals surface area contributed by atoms with Crippen molar-refractivity contribution in [2.75, 3.05) is 0 Å². The highest BCUT2D eigenvalue weighted by Crippen LogP contribution is 2.42. The number of hydrogen-bond donors (Lipinski definition) is 0. The Morgan fingerprint density at radius 1 is 0.263 bits per heavy atom. The van der Waals surface area contributed by atoms with Crippen molar-refractivity contribution in [3.05, 3.63) is 252 Å². The van der Waals surface area contributed by atoms with Gasteiger partial charge in [-0.1, -0.05) is 220 Å². The molecule has 0 bridgehead atoms. The van der Waals surface area contributed by atoms with Gasteiger partial charge in [-0.3, -0.25) is 0 Å². The Morgan fingerprint density at radius 3 is 0.947 bits per heavy atom. The van der Waals surface area contributed by atoms with E-state index in [0.717, 1.165) is 0 Å². The van der Waals surface area contributed by atoms with Crippen LogP contribution >= 0.6 is 0 Å². The fourth-order valence-corrected chi connectivity index (χ4v) is 14.2. The van der Waals surface area contributed by atoms with Crippen molar-refractivity contribution < 1.29 is 0 Å². The van der Waals surface area contributed by atoms with Crippen molar-refractivity contribution in [2.24, 2.45) is 0 Å². The van der Waals surface area contributed by atoms with Crippen LogP contribution in [0.5, 0.6) is 0 Å². The van der Waals surface area contributed by atoms with Crippen molar-refractivity contribution in [3.8, 4) is 55.9 Å². The maximum absolute atomic E-state index is 2.68. The summed E-state index contributed by atoms with van der Waals surface area (Å²) in [5, 5.41) is 5.10. The van der Waals surface area contributed by atoms with Gasteiger partial charge in [0.2, 0.25) is 13.4 Å². The largest absolute Gasteiger partial charge is 0.310 e. The highest BCUT2D eigenvalue weighted by atomic mass is 15.0. The van der Waals surface area contributed by atoms with Gasteiger partial charge >= 0.3 is 0 Å². The number of hydrogen-bond acceptors (Lipinski definition) is 0. The fraction of sp³-hybridized carbons (Fsp3) is 0.0833. The van der Waals surface area contributed by atoms with E-state index in [1.165, 1.54) is 166 Å². The second-order valence-corrected chi connectivity index (χ2v) is 22.0. The van der Waals surface area contributed by atoms with Gasteiger partial charge in [0.1, 0.15) is 0 Å². The Balaban J connectivity index is 1.13. The SMILES string of the molecule is Cc1cc(C)c(B2c3cc4c(cc3-n3c5ccc(-c6ccccc6)cc5c5cc(-c6ccccc6)cc2c53)-n2c3ccc(-c5ccccc5)cc3c3cc(-c5ccccc5)cc(c32)B4c2c(C)cc(C)cc2C)c(C)c1. The van der Waals surface area contributed by atoms with Crippen molar-refractivity contribution in [2.45, 2.75) is 41.5 Å². The number of rotatable bonds is 6. The number of aromatic nitrogens is 2. The first kappa shape index (κ1) is 44.6. The van der Waals surface area contributed by atoms with Crippen molar-refractivity contribution in [3.63, 3.8) is 0 Å². The molecule has 4 heterocycles. The molecule has 15 rings (SSSR count). The van der Waals surface area contributed by atoms with Crippen LogP contribution < -0.4 is 32.8 Å². The van der Waals surface area contributed by atoms with E-state index in [0.29, 0.717) is 0 Å². The third-order valence-corrected chi connectivity index (χ3v) is 17.2. The van der Waals surface area contributed by atoms with Gasteiger partial charge in [-0.2, -0.15) is 0 Å². The molecular formula is C72H54B2N2. The predicted molar refractivity (Wildman–Crippen MR) is 327 cm³/mol. The van der Waals surface area contributed by atoms with E-state index in [1.807, 2.05) is 0 Å². The topological polar surface area (TPSA) is 9.86 Å². The number of fused-ring (bicyclic) bond motifs is 10. The van der Waals surface area contributed by atoms with Gasteiger partial charge < -0.3 is 9.13 Å². The summed E-state index contributed by atoms with van der Waals surface area (Å²) < 4.78 is 5.30. The lowest BCUT2D eigenvalue weighted by Gasteiger charge is -2.34. The molecule has 2 aromatic heterocycles. The second-order valence-electron chi connectivity index (χ2n) is 22.0. The molecule has 0 spiro atoms. The normalized spacial score (nSPS) is 12.6. The minimum Gasteiger partial charge on any atom is -0.310 e. The molecule has 2 nitrogen and oxygen atoms in total. The molecule has 11 aromatic carbocycles. The van der Waals surface area contributed by atoms with Crippen LogP contribution in [0.3, 0.4) is 0 Å². The molecular weight excluding hydrogens is 914 g/mol. The van der Waals surface area contributed by atoms with Gasteiger partial charge in [-0.25, -0.2) is 0 Å². The molecule has 0 fully saturated rings. The highest BCUT2D eigenvalue weighted by molar-refractivity contribution is 7.01. The maximum atomic E-state index is 2.68. The van der Waals surface area contributed by atoms with Crippen LogP contribution in [-0.2, 0) is 0 Å². The molecule has 2 aliphatic rings. The number of benzene rings is 11. The molecule has 0 atom stereocenters. The zero-order valence-electron chi connectivity index (χ0n) is 43.8. The molecule has 0 aliphatic carbocycles. The molecule has 0 saturated carbocycles. The standard InChI is InChI=1S/C72H54B2N2/c1-43-31-45(3)69(46(4)32-43)73-61-41-62-68(42-67(61)75-65-29-27-53(49-19-11-7-12-20-49)35-57(65)59-37-55(39-63(73)71(59)75)51-23-15-9-16-24-51)76-66-30-28-54(50-21-13-8-14-22-50)36-58(66)60-38-56(52-25-17-10-18-26-52)40-64(72(60)76)74(62)70-47(5)33-44(2)34-48(70)6/h7-42H,1-6H3. The highest BCUT2D eigenvalue weighted by Gasteiger charge is 2.41. The van der Waals surface area contributed by atoms with Gasteiger partial charge in [0.25, 0.3) is 0 Å². The van der Waals surface area contributed by atoms with Crippen LogP contribution in [0.4, 0.5) is 0 Å². The van der Waals surface area contributed by atoms with E-state index in [2.05, 4.69) is 269 Å². The molecule has 0 unspecified atom stereocenters. The summed E-state index contributed by atoms with van der Waals surface area (Å²) in [5.41, 5.74) is 33.4. The Hall–Kier alpha value is -8.85. The average Bonchev–Trinajstić information content (AvgIpc) is 4.16. The Bertz CT molecular complexity index is 4230. The van der Waals surface area contributed by atoms with Crippen LogP contribution in [-0.4, -0.2) is 22.6 Å². The summed E-state index contributed by atoms with van der Waals surface area (Å²) in [5.74, 6) is 0. The molecule has 0 N–H and O–H groups in total. The Kier molecular flexibility index (Phi) is 9.88. The Morgan fingerprint density at radius 2 is 0.592 bits per heavy atom. The van der Waals surface area contributed by atoms with Crippen LogP contribution in [0.25, 0.3) is 99.5 Å². The first-order valence-corrected chi connectivity index (χ1v) is 27.0. The molecule has 4 heteroatoms. The summed E-state index contributed by atoms with van der Waals surface area (Å²) in [6, 6.07) is 83.1. The van der Waals surface area contributed by atoms with E-state index in [4.69, 9.17) is 0 Å². The van der Waals surface area contributed by atoms with E-state index in [1.54, 1.807) is 0 Å². The molecule has 76 heavy (non-hydrogen) atoms. The lowest BCUT2D eigenvalue weighted by Crippen LogP contribution is -2.62. The quantitative estimate of drug-likeness (QED) is 0.147. The minimum absolute atomic E-state index is 0.0507. The van der Waals surface area contributed by atoms with Crippen LogP contribution in [0, 0.1) is 41.5 Å². The van der Waals surface area contributed by atoms with E-state index < -0.39 is 0 Å². The smallest absolute Gasteiger partial charge is 0.247 e. The fourth-order valence-electron chi connectivity index (χ4n) is 14.2. The third kappa shape index (κ3) is 6.63. The van der Waals surface area contributed by atoms with Crippen LogP contribution in [0.15, 0.2) is 218 Å². The maximum Gasteiger partial charge on any atom is 0.247 e. The monoisotopic (exact) mass is 968 g/mol. The summed E-state index contributed by atoms with van der Waals surface area (Å²) in [6.07, 6.45) is 0. The first-order valence-electron chi connectivity index (χ1n) is 27.0. The van der Waals surface area contributed by atoms with E-state index in [-0.39, 0.29) is 13.4 Å². The van der Waals surface area contributed by atoms with E-state index in [9.17, 15) is 0 Å². The predicted octanol–water partition coefficient (Wildman–Crippen LogP) is 14.1. The summed E-state index contributed by atoms with van der Waals surface area (Å²) in [4.78, 5) is 0. The zero-order chi connectivity index (χ0) is 51.1. The number of aryl methyl sites for hydroxylation is 6. The lowest BCUT2D eigenvalue weighted by molar-refractivity contribution is 1.15. The lowest BCUT2D eigenvalue weighted by atomic mass is 9.31. The molecule has 0 saturated heterocycles. The molecule has 13 aromatic rings. The molecule has 2 aliphatic heterocycles. The Labute approximate surface area is 445 Å². The van der Waals surface area contributed by atoms with Gasteiger partial charge in [0.05, 0.1) is 11.0 Å². The second kappa shape index (κ2) is 16.8. The molecule has 0 radical (unpaired) electrons. The van der Waals surface area contributed by atoms with Gasteiger partial charge in [-0.15, -0.1) is 0 Å². The third-order valence-electron chi connectivity index (χ3n) is 17.2. The molecule has 0 amide bonds. The van der Waals surface area contributed by atoms with Gasteiger partial charge in [-0.05, 0) is 150 Å². The number of nitrogens with zero attached hydrogens (tertiary/aromatic N) is 2. The summed E-state index contributed by atoms with van der Waals surface area (Å²) >= 11 is 0. The first-order chi connectivity index (χ1) is 37.2.